The summed E-state index contributed by atoms with van der Waals surface area (Å²) in [6.45, 7) is 8.83. The summed E-state index contributed by atoms with van der Waals surface area (Å²) in [7, 11) is 0. The highest BCUT2D eigenvalue weighted by Gasteiger charge is 2.35. The fraction of sp³-hybridized carbons (Fsp3) is 0.419. The molecule has 230 valence electrons. The first-order chi connectivity index (χ1) is 20.3. The number of halogens is 3. The smallest absolute Gasteiger partial charge is 0.419 e. The van der Waals surface area contributed by atoms with Crippen LogP contribution in [0, 0.1) is 0 Å². The summed E-state index contributed by atoms with van der Waals surface area (Å²) in [5.41, 5.74) is 6.87. The molecule has 2 amide bonds. The van der Waals surface area contributed by atoms with Gasteiger partial charge >= 0.3 is 12.3 Å². The van der Waals surface area contributed by atoms with Crippen molar-refractivity contribution < 1.29 is 27.5 Å². The van der Waals surface area contributed by atoms with Crippen molar-refractivity contribution in [3.8, 4) is 0 Å². The quantitative estimate of drug-likeness (QED) is 0.352. The van der Waals surface area contributed by atoms with Crippen LogP contribution in [0.2, 0.25) is 0 Å². The van der Waals surface area contributed by atoms with Crippen molar-refractivity contribution in [3.05, 3.63) is 82.7 Å². The number of carbonyl (C=O) groups excluding carboxylic acids is 2. The number of nitrogens with two attached hydrogens (primary N) is 1. The molecular formula is C31H37F3N6O3. The van der Waals surface area contributed by atoms with E-state index in [-0.39, 0.29) is 37.0 Å². The highest BCUT2D eigenvalue weighted by Crippen LogP contribution is 2.32. The second-order valence-electron chi connectivity index (χ2n) is 11.5. The molecule has 12 heteroatoms. The van der Waals surface area contributed by atoms with E-state index in [4.69, 9.17) is 10.5 Å². The zero-order valence-electron chi connectivity index (χ0n) is 24.6. The Labute approximate surface area is 249 Å². The van der Waals surface area contributed by atoms with Crippen LogP contribution < -0.4 is 11.1 Å². The Balaban J connectivity index is 1.38. The third-order valence-corrected chi connectivity index (χ3v) is 6.93. The van der Waals surface area contributed by atoms with Crippen molar-refractivity contribution in [2.75, 3.05) is 31.5 Å². The topological polar surface area (TPSA) is 114 Å². The first kappa shape index (κ1) is 31.7. The number of benzene rings is 2. The summed E-state index contributed by atoms with van der Waals surface area (Å²) in [5, 5.41) is 3.00. The second-order valence-corrected chi connectivity index (χ2v) is 11.5. The monoisotopic (exact) mass is 598 g/mol. The Morgan fingerprint density at radius 3 is 2.21 bits per heavy atom. The van der Waals surface area contributed by atoms with Crippen LogP contribution in [0.4, 0.5) is 29.6 Å². The van der Waals surface area contributed by atoms with Crippen molar-refractivity contribution in [1.29, 1.82) is 0 Å². The standard InChI is InChI=1S/C31H37F3N6O3/c1-30(2,3)43-29(42)40-16-14-39(15-17-40)20-21-8-11-24(12-9-21)37-28-36-19-25(31(32,33)34)26(38-28)13-10-22-6-4-5-7-23(22)18-27(35)41/h4-9,11-12,19H,10,13-18,20H2,1-3H3,(H2,35,41)(H,36,37,38). The third-order valence-electron chi connectivity index (χ3n) is 6.93. The lowest BCUT2D eigenvalue weighted by molar-refractivity contribution is -0.138. The van der Waals surface area contributed by atoms with Crippen LogP contribution >= 0.6 is 0 Å². The molecule has 0 spiro atoms. The summed E-state index contributed by atoms with van der Waals surface area (Å²) >= 11 is 0. The first-order valence-electron chi connectivity index (χ1n) is 14.1. The highest BCUT2D eigenvalue weighted by atomic mass is 19.4. The van der Waals surface area contributed by atoms with Crippen LogP contribution in [-0.2, 0) is 41.5 Å². The number of piperazine rings is 1. The number of nitrogens with one attached hydrogen (secondary N) is 1. The molecule has 1 aromatic heterocycles. The first-order valence-corrected chi connectivity index (χ1v) is 14.1. The molecule has 0 atom stereocenters. The van der Waals surface area contributed by atoms with E-state index in [0.717, 1.165) is 17.3 Å². The third kappa shape index (κ3) is 9.40. The van der Waals surface area contributed by atoms with Crippen molar-refractivity contribution in [3.63, 3.8) is 0 Å². The maximum absolute atomic E-state index is 13.8. The van der Waals surface area contributed by atoms with Crippen LogP contribution in [0.1, 0.15) is 48.7 Å². The number of hydrogen-bond donors (Lipinski definition) is 2. The van der Waals surface area contributed by atoms with Gasteiger partial charge < -0.3 is 20.7 Å². The minimum absolute atomic E-state index is 0.00193. The van der Waals surface area contributed by atoms with Gasteiger partial charge in [-0.25, -0.2) is 14.8 Å². The number of ether oxygens (including phenoxy) is 1. The summed E-state index contributed by atoms with van der Waals surface area (Å²) in [4.78, 5) is 35.8. The van der Waals surface area contributed by atoms with E-state index in [1.54, 1.807) is 29.2 Å². The van der Waals surface area contributed by atoms with Gasteiger partial charge in [-0.05, 0) is 62.4 Å². The van der Waals surface area contributed by atoms with Crippen LogP contribution in [0.25, 0.3) is 0 Å². The van der Waals surface area contributed by atoms with Gasteiger partial charge in [0.2, 0.25) is 11.9 Å². The highest BCUT2D eigenvalue weighted by molar-refractivity contribution is 5.77. The van der Waals surface area contributed by atoms with Crippen molar-refractivity contribution in [2.24, 2.45) is 5.73 Å². The summed E-state index contributed by atoms with van der Waals surface area (Å²) in [6, 6.07) is 14.6. The van der Waals surface area contributed by atoms with E-state index in [2.05, 4.69) is 20.2 Å². The predicted molar refractivity (Wildman–Crippen MR) is 157 cm³/mol. The predicted octanol–water partition coefficient (Wildman–Crippen LogP) is 5.10. The van der Waals surface area contributed by atoms with E-state index >= 15 is 0 Å². The Bertz CT molecular complexity index is 1420. The molecule has 1 fully saturated rings. The number of nitrogens with zero attached hydrogens (tertiary/aromatic N) is 4. The van der Waals surface area contributed by atoms with E-state index in [1.807, 2.05) is 45.0 Å². The number of primary amides is 1. The number of carbonyl (C=O) groups is 2. The van der Waals surface area contributed by atoms with E-state index in [9.17, 15) is 22.8 Å². The molecule has 0 bridgehead atoms. The fourth-order valence-electron chi connectivity index (χ4n) is 4.82. The molecule has 4 rings (SSSR count). The Kier molecular flexibility index (Phi) is 9.90. The number of aryl methyl sites for hydroxylation is 2. The molecule has 0 saturated carbocycles. The lowest BCUT2D eigenvalue weighted by atomic mass is 9.98. The van der Waals surface area contributed by atoms with Gasteiger partial charge in [-0.3, -0.25) is 9.69 Å². The summed E-state index contributed by atoms with van der Waals surface area (Å²) in [5.74, 6) is -0.455. The van der Waals surface area contributed by atoms with Gasteiger partial charge in [0.15, 0.2) is 0 Å². The Morgan fingerprint density at radius 2 is 1.60 bits per heavy atom. The minimum Gasteiger partial charge on any atom is -0.444 e. The molecule has 1 aliphatic rings. The van der Waals surface area contributed by atoms with E-state index in [1.165, 1.54) is 0 Å². The van der Waals surface area contributed by atoms with E-state index < -0.39 is 23.2 Å². The zero-order valence-corrected chi connectivity index (χ0v) is 24.6. The van der Waals surface area contributed by atoms with Gasteiger partial charge in [0.25, 0.3) is 0 Å². The summed E-state index contributed by atoms with van der Waals surface area (Å²) in [6.07, 6.45) is -3.85. The fourth-order valence-corrected chi connectivity index (χ4v) is 4.82. The number of anilines is 2. The molecule has 0 radical (unpaired) electrons. The Morgan fingerprint density at radius 1 is 0.953 bits per heavy atom. The molecule has 1 saturated heterocycles. The Hall–Kier alpha value is -4.19. The molecule has 1 aliphatic heterocycles. The zero-order chi connectivity index (χ0) is 31.2. The van der Waals surface area contributed by atoms with Gasteiger partial charge in [-0.1, -0.05) is 36.4 Å². The summed E-state index contributed by atoms with van der Waals surface area (Å²) < 4.78 is 46.7. The molecule has 3 N–H and O–H groups in total. The van der Waals surface area contributed by atoms with Crippen molar-refractivity contribution in [2.45, 2.75) is 58.4 Å². The lowest BCUT2D eigenvalue weighted by Crippen LogP contribution is -2.49. The average Bonchev–Trinajstić information content (AvgIpc) is 2.92. The minimum atomic E-state index is -4.61. The molecule has 43 heavy (non-hydrogen) atoms. The molecular weight excluding hydrogens is 561 g/mol. The van der Waals surface area contributed by atoms with Gasteiger partial charge in [-0.2, -0.15) is 13.2 Å². The maximum atomic E-state index is 13.8. The van der Waals surface area contributed by atoms with E-state index in [0.29, 0.717) is 44.0 Å². The van der Waals surface area contributed by atoms with Gasteiger partial charge in [0.1, 0.15) is 5.60 Å². The normalized spacial score (nSPS) is 14.4. The maximum Gasteiger partial charge on any atom is 0.419 e. The molecule has 3 aromatic rings. The number of amides is 2. The van der Waals surface area contributed by atoms with Crippen LogP contribution in [0.5, 0.6) is 0 Å². The lowest BCUT2D eigenvalue weighted by Gasteiger charge is -2.35. The van der Waals surface area contributed by atoms with Crippen molar-refractivity contribution in [1.82, 2.24) is 19.8 Å². The molecule has 0 aliphatic carbocycles. The SMILES string of the molecule is CC(C)(C)OC(=O)N1CCN(Cc2ccc(Nc3ncc(C(F)(F)F)c(CCc4ccccc4CC(N)=O)n3)cc2)CC1. The molecule has 2 heterocycles. The van der Waals surface area contributed by atoms with Crippen LogP contribution in [0.15, 0.2) is 54.7 Å². The number of alkyl halides is 3. The average molecular weight is 599 g/mol. The second kappa shape index (κ2) is 13.4. The molecule has 0 unspecified atom stereocenters. The van der Waals surface area contributed by atoms with Crippen LogP contribution in [0.3, 0.4) is 0 Å². The van der Waals surface area contributed by atoms with Gasteiger partial charge in [0.05, 0.1) is 17.7 Å². The number of aromatic nitrogens is 2. The number of hydrogen-bond acceptors (Lipinski definition) is 7. The van der Waals surface area contributed by atoms with Gasteiger partial charge in [-0.15, -0.1) is 0 Å². The molecule has 2 aromatic carbocycles. The van der Waals surface area contributed by atoms with Gasteiger partial charge in [0, 0.05) is 44.6 Å². The van der Waals surface area contributed by atoms with Crippen LogP contribution in [-0.4, -0.2) is 63.5 Å². The van der Waals surface area contributed by atoms with Crippen molar-refractivity contribution >= 4 is 23.6 Å². The number of rotatable bonds is 9. The largest absolute Gasteiger partial charge is 0.444 e. The molecule has 9 nitrogen and oxygen atoms in total.